The molecule has 0 spiro atoms. The molecule has 0 atom stereocenters. The van der Waals surface area contributed by atoms with E-state index in [1.165, 1.54) is 18.2 Å². The summed E-state index contributed by atoms with van der Waals surface area (Å²) in [4.78, 5) is 0.398. The van der Waals surface area contributed by atoms with Gasteiger partial charge in [0.15, 0.2) is 0 Å². The number of ether oxygens (including phenoxy) is 1. The maximum atomic E-state index is 12.7. The molecular weight excluding hydrogens is 312 g/mol. The number of rotatable bonds is 6. The highest BCUT2D eigenvalue weighted by molar-refractivity contribution is 7.91. The summed E-state index contributed by atoms with van der Waals surface area (Å²) in [5.41, 5.74) is 1.32. The lowest BCUT2D eigenvalue weighted by atomic mass is 10.2. The molecule has 0 aliphatic rings. The van der Waals surface area contributed by atoms with Gasteiger partial charge in [-0.3, -0.25) is 0 Å². The van der Waals surface area contributed by atoms with Crippen LogP contribution in [-0.4, -0.2) is 20.1 Å². The van der Waals surface area contributed by atoms with Gasteiger partial charge in [-0.25, -0.2) is 8.42 Å². The number of benzene rings is 2. The summed E-state index contributed by atoms with van der Waals surface area (Å²) in [6, 6.07) is 9.18. The Bertz CT molecular complexity index is 795. The Morgan fingerprint density at radius 3 is 2.17 bits per heavy atom. The van der Waals surface area contributed by atoms with Crippen LogP contribution in [0.15, 0.2) is 46.2 Å². The van der Waals surface area contributed by atoms with Crippen molar-refractivity contribution >= 4 is 9.84 Å². The molecule has 0 aliphatic heterocycles. The number of hydrogen-bond acceptors (Lipinski definition) is 4. The molecule has 0 saturated heterocycles. The number of sulfone groups is 1. The second-order valence-corrected chi connectivity index (χ2v) is 7.53. The van der Waals surface area contributed by atoms with E-state index in [0.717, 1.165) is 18.4 Å². The molecule has 2 aromatic rings. The van der Waals surface area contributed by atoms with Crippen molar-refractivity contribution in [2.24, 2.45) is 0 Å². The van der Waals surface area contributed by atoms with E-state index in [1.807, 2.05) is 6.92 Å². The molecule has 0 amide bonds. The van der Waals surface area contributed by atoms with E-state index in [-0.39, 0.29) is 15.5 Å². The molecule has 0 aromatic heterocycles. The van der Waals surface area contributed by atoms with Crippen molar-refractivity contribution < 1.29 is 18.3 Å². The van der Waals surface area contributed by atoms with Crippen LogP contribution in [0.4, 0.5) is 0 Å². The lowest BCUT2D eigenvalue weighted by Gasteiger charge is -2.11. The molecule has 5 heteroatoms. The van der Waals surface area contributed by atoms with Crippen molar-refractivity contribution in [2.45, 2.75) is 43.4 Å². The van der Waals surface area contributed by atoms with Gasteiger partial charge in [0.05, 0.1) is 16.4 Å². The highest BCUT2D eigenvalue weighted by Crippen LogP contribution is 2.28. The summed E-state index contributed by atoms with van der Waals surface area (Å²) in [5, 5.41) is 9.55. The quantitative estimate of drug-likeness (QED) is 0.810. The Kier molecular flexibility index (Phi) is 5.31. The van der Waals surface area contributed by atoms with Crippen LogP contribution in [0.5, 0.6) is 11.5 Å². The molecule has 0 heterocycles. The molecule has 23 heavy (non-hydrogen) atoms. The summed E-state index contributed by atoms with van der Waals surface area (Å²) in [6.07, 6.45) is 2.01. The van der Waals surface area contributed by atoms with E-state index in [4.69, 9.17) is 4.74 Å². The van der Waals surface area contributed by atoms with Gasteiger partial charge < -0.3 is 9.84 Å². The van der Waals surface area contributed by atoms with Crippen LogP contribution >= 0.6 is 0 Å². The Balaban J connectivity index is 2.33. The number of unbranched alkanes of at least 4 members (excludes halogenated alkanes) is 1. The van der Waals surface area contributed by atoms with Crippen LogP contribution in [0, 0.1) is 13.8 Å². The van der Waals surface area contributed by atoms with E-state index in [0.29, 0.717) is 17.9 Å². The van der Waals surface area contributed by atoms with Gasteiger partial charge >= 0.3 is 0 Å². The van der Waals surface area contributed by atoms with Crippen LogP contribution in [0.2, 0.25) is 0 Å². The molecule has 0 aliphatic carbocycles. The van der Waals surface area contributed by atoms with E-state index in [2.05, 4.69) is 6.92 Å². The number of aryl methyl sites for hydroxylation is 2. The largest absolute Gasteiger partial charge is 0.508 e. The third-order valence-corrected chi connectivity index (χ3v) is 5.44. The fourth-order valence-corrected chi connectivity index (χ4v) is 3.64. The first-order valence-corrected chi connectivity index (χ1v) is 9.12. The van der Waals surface area contributed by atoms with E-state index < -0.39 is 9.84 Å². The fourth-order valence-electron chi connectivity index (χ4n) is 2.21. The van der Waals surface area contributed by atoms with E-state index >= 15 is 0 Å². The average molecular weight is 334 g/mol. The zero-order chi connectivity index (χ0) is 17.0. The third-order valence-electron chi connectivity index (χ3n) is 3.69. The topological polar surface area (TPSA) is 63.6 Å². The van der Waals surface area contributed by atoms with E-state index in [9.17, 15) is 13.5 Å². The molecule has 4 nitrogen and oxygen atoms in total. The highest BCUT2D eigenvalue weighted by Gasteiger charge is 2.19. The number of hydrogen-bond donors (Lipinski definition) is 1. The molecular formula is C18H22O4S. The standard InChI is InChI=1S/C18H22O4S/c1-4-5-10-22-18-9-7-16(12-14(18)3)23(20,21)15-6-8-17(19)13(2)11-15/h6-9,11-12,19H,4-5,10H2,1-3H3. The molecule has 2 rings (SSSR count). The average Bonchev–Trinajstić information content (AvgIpc) is 2.51. The van der Waals surface area contributed by atoms with Crippen LogP contribution in [-0.2, 0) is 9.84 Å². The van der Waals surface area contributed by atoms with Crippen molar-refractivity contribution in [3.05, 3.63) is 47.5 Å². The van der Waals surface area contributed by atoms with Crippen LogP contribution in [0.25, 0.3) is 0 Å². The van der Waals surface area contributed by atoms with Crippen LogP contribution < -0.4 is 4.74 Å². The number of phenolic OH excluding ortho intramolecular Hbond substituents is 1. The SMILES string of the molecule is CCCCOc1ccc(S(=O)(=O)c2ccc(O)c(C)c2)cc1C. The first-order chi connectivity index (χ1) is 10.9. The minimum absolute atomic E-state index is 0.0832. The van der Waals surface area contributed by atoms with Gasteiger partial charge in [-0.2, -0.15) is 0 Å². The Hall–Kier alpha value is -2.01. The monoisotopic (exact) mass is 334 g/mol. The fraction of sp³-hybridized carbons (Fsp3) is 0.333. The van der Waals surface area contributed by atoms with Crippen LogP contribution in [0.3, 0.4) is 0 Å². The first-order valence-electron chi connectivity index (χ1n) is 7.64. The maximum absolute atomic E-state index is 12.7. The maximum Gasteiger partial charge on any atom is 0.206 e. The molecule has 0 bridgehead atoms. The predicted octanol–water partition coefficient (Wildman–Crippen LogP) is 4.02. The van der Waals surface area contributed by atoms with Crippen molar-refractivity contribution in [3.63, 3.8) is 0 Å². The van der Waals surface area contributed by atoms with Gasteiger partial charge in [0, 0.05) is 0 Å². The van der Waals surface area contributed by atoms with E-state index in [1.54, 1.807) is 25.1 Å². The smallest absolute Gasteiger partial charge is 0.206 e. The normalized spacial score (nSPS) is 11.4. The van der Waals surface area contributed by atoms with Crippen LogP contribution in [0.1, 0.15) is 30.9 Å². The lowest BCUT2D eigenvalue weighted by molar-refractivity contribution is 0.307. The summed E-state index contributed by atoms with van der Waals surface area (Å²) in [5.74, 6) is 0.791. The Labute approximate surface area is 137 Å². The van der Waals surface area contributed by atoms with Gasteiger partial charge in [-0.1, -0.05) is 13.3 Å². The Morgan fingerprint density at radius 1 is 1.00 bits per heavy atom. The predicted molar refractivity (Wildman–Crippen MR) is 89.9 cm³/mol. The second-order valence-electron chi connectivity index (χ2n) is 5.58. The van der Waals surface area contributed by atoms with Gasteiger partial charge in [0.2, 0.25) is 9.84 Å². The van der Waals surface area contributed by atoms with Gasteiger partial charge in [-0.15, -0.1) is 0 Å². The molecule has 1 N–H and O–H groups in total. The summed E-state index contributed by atoms with van der Waals surface area (Å²) in [7, 11) is -3.61. The molecule has 0 radical (unpaired) electrons. The van der Waals surface area contributed by atoms with Gasteiger partial charge in [0.25, 0.3) is 0 Å². The van der Waals surface area contributed by atoms with Gasteiger partial charge in [0.1, 0.15) is 11.5 Å². The molecule has 124 valence electrons. The minimum Gasteiger partial charge on any atom is -0.508 e. The summed E-state index contributed by atoms with van der Waals surface area (Å²) in [6.45, 7) is 6.22. The Morgan fingerprint density at radius 2 is 1.61 bits per heavy atom. The van der Waals surface area contributed by atoms with Gasteiger partial charge in [-0.05, 0) is 67.8 Å². The molecule has 0 unspecified atom stereocenters. The second kappa shape index (κ2) is 7.04. The number of aromatic hydroxyl groups is 1. The van der Waals surface area contributed by atoms with Crippen molar-refractivity contribution in [3.8, 4) is 11.5 Å². The van der Waals surface area contributed by atoms with Crippen molar-refractivity contribution in [1.82, 2.24) is 0 Å². The zero-order valence-corrected chi connectivity index (χ0v) is 14.5. The number of phenols is 1. The molecule has 2 aromatic carbocycles. The lowest BCUT2D eigenvalue weighted by Crippen LogP contribution is -2.04. The summed E-state index contributed by atoms with van der Waals surface area (Å²) >= 11 is 0. The van der Waals surface area contributed by atoms with Crippen molar-refractivity contribution in [2.75, 3.05) is 6.61 Å². The third kappa shape index (κ3) is 3.85. The van der Waals surface area contributed by atoms with Crippen molar-refractivity contribution in [1.29, 1.82) is 0 Å². The molecule has 0 fully saturated rings. The zero-order valence-electron chi connectivity index (χ0n) is 13.7. The summed E-state index contributed by atoms with van der Waals surface area (Å²) < 4.78 is 31.1. The highest BCUT2D eigenvalue weighted by atomic mass is 32.2. The first kappa shape index (κ1) is 17.3. The molecule has 0 saturated carbocycles. The minimum atomic E-state index is -3.61.